The van der Waals surface area contributed by atoms with Crippen molar-refractivity contribution < 1.29 is 0 Å². The van der Waals surface area contributed by atoms with Gasteiger partial charge in [-0.2, -0.15) is 0 Å². The molecule has 0 fully saturated rings. The Hall–Kier alpha value is -17.8. The number of hydrogen-bond acceptors (Lipinski definition) is 0. The number of fused-ring (bicyclic) bond motifs is 20. The number of aromatic nitrogens is 6. The molecular weight excluding hydrogens is 1620 g/mol. The molecule has 6 heterocycles. The van der Waals surface area contributed by atoms with Gasteiger partial charge in [0.1, 0.15) is 0 Å². The van der Waals surface area contributed by atoms with Crippen molar-refractivity contribution in [3.63, 3.8) is 0 Å². The topological polar surface area (TPSA) is 29.6 Å². The standard InChI is InChI=1S/C48H32N2.2C40H26N2/c1-3-15-33(16-4-1)37-19-7-11-23-43(37)49-45-25-13-9-21-39(45)41-31-35(27-29-47(41)49)36-28-30-48-42(32-36)40-22-10-14-26-46(40)50(48)44-24-12-8-20-38(44)34-17-5-2-6-18-34;1-2-13-30(14-3-1)41-37-18-8-6-16-32(37)34-25-28(21-23-39(34)41)29-22-24-40-35(26-29)33-17-7-9-19-38(33)42(40)36-20-10-12-27-11-4-5-15-31(27)36;1-2-12-31(13-3-1)41-37-16-8-6-14-33(37)35-25-29(19-22-39(35)41)30-20-23-40-36(26-30)34-15-7-9-17-38(34)42(40)32-21-18-27-10-4-5-11-28(27)24-32/h1-32H;2*1-26H. The van der Waals surface area contributed by atoms with E-state index in [-0.39, 0.29) is 0 Å². The first-order chi connectivity index (χ1) is 66.5. The van der Waals surface area contributed by atoms with Gasteiger partial charge >= 0.3 is 0 Å². The minimum absolute atomic E-state index is 1.18. The van der Waals surface area contributed by atoms with Crippen molar-refractivity contribution in [3.05, 3.63) is 510 Å². The smallest absolute Gasteiger partial charge is 0.0541 e. The molecule has 0 bridgehead atoms. The van der Waals surface area contributed by atoms with E-state index in [4.69, 9.17) is 0 Å². The number of hydrogen-bond donors (Lipinski definition) is 0. The van der Waals surface area contributed by atoms with Gasteiger partial charge in [0, 0.05) is 98.2 Å². The molecule has 28 rings (SSSR count). The summed E-state index contributed by atoms with van der Waals surface area (Å²) in [7, 11) is 0. The summed E-state index contributed by atoms with van der Waals surface area (Å²) < 4.78 is 14.4. The van der Waals surface area contributed by atoms with E-state index in [0.717, 1.165) is 0 Å². The van der Waals surface area contributed by atoms with Crippen LogP contribution >= 0.6 is 0 Å². The van der Waals surface area contributed by atoms with E-state index in [9.17, 15) is 0 Å². The van der Waals surface area contributed by atoms with Crippen LogP contribution in [0.1, 0.15) is 0 Å². The number of benzene rings is 22. The zero-order valence-electron chi connectivity index (χ0n) is 73.2. The van der Waals surface area contributed by atoms with Crippen molar-refractivity contribution in [1.82, 2.24) is 27.4 Å². The van der Waals surface area contributed by atoms with Crippen molar-refractivity contribution in [1.29, 1.82) is 0 Å². The fraction of sp³-hybridized carbons (Fsp3) is 0. The third kappa shape index (κ3) is 12.9. The van der Waals surface area contributed by atoms with Crippen molar-refractivity contribution in [2.45, 2.75) is 0 Å². The van der Waals surface area contributed by atoms with E-state index in [2.05, 4.69) is 537 Å². The summed E-state index contributed by atoms with van der Waals surface area (Å²) in [4.78, 5) is 0. The maximum atomic E-state index is 2.43. The molecule has 626 valence electrons. The van der Waals surface area contributed by atoms with Crippen LogP contribution in [0.4, 0.5) is 0 Å². The zero-order valence-corrected chi connectivity index (χ0v) is 73.2. The lowest BCUT2D eigenvalue weighted by Crippen LogP contribution is -1.97. The Kier molecular flexibility index (Phi) is 18.5. The monoisotopic (exact) mass is 1700 g/mol. The Morgan fingerprint density at radius 1 is 0.104 bits per heavy atom. The summed E-state index contributed by atoms with van der Waals surface area (Å²) in [5, 5.41) is 20.2. The average molecular weight is 1710 g/mol. The predicted octanol–water partition coefficient (Wildman–Crippen LogP) is 34.3. The highest BCUT2D eigenvalue weighted by Gasteiger charge is 2.24. The summed E-state index contributed by atoms with van der Waals surface area (Å²) in [6.45, 7) is 0. The molecule has 0 saturated carbocycles. The van der Waals surface area contributed by atoms with Gasteiger partial charge in [0.05, 0.1) is 83.3 Å². The van der Waals surface area contributed by atoms with E-state index in [1.807, 2.05) is 0 Å². The molecule has 0 aliphatic carbocycles. The number of para-hydroxylation sites is 10. The van der Waals surface area contributed by atoms with Gasteiger partial charge in [-0.15, -0.1) is 0 Å². The molecule has 0 saturated heterocycles. The van der Waals surface area contributed by atoms with Crippen LogP contribution in [0.25, 0.3) is 242 Å². The van der Waals surface area contributed by atoms with Gasteiger partial charge < -0.3 is 27.4 Å². The zero-order chi connectivity index (χ0) is 88.3. The van der Waals surface area contributed by atoms with E-state index in [1.54, 1.807) is 0 Å². The summed E-state index contributed by atoms with van der Waals surface area (Å²) in [6.07, 6.45) is 0. The van der Waals surface area contributed by atoms with Crippen molar-refractivity contribution >= 4 is 152 Å². The van der Waals surface area contributed by atoms with Crippen LogP contribution in [0.3, 0.4) is 0 Å². The van der Waals surface area contributed by atoms with Gasteiger partial charge in [-0.05, 0) is 224 Å². The lowest BCUT2D eigenvalue weighted by Gasteiger charge is -2.14. The minimum atomic E-state index is 1.18. The number of rotatable bonds is 11. The molecule has 0 atom stereocenters. The fourth-order valence-corrected chi connectivity index (χ4v) is 21.5. The molecule has 0 unspecified atom stereocenters. The van der Waals surface area contributed by atoms with Gasteiger partial charge in [0.2, 0.25) is 0 Å². The van der Waals surface area contributed by atoms with Crippen LogP contribution in [0.2, 0.25) is 0 Å². The summed E-state index contributed by atoms with van der Waals surface area (Å²) in [5.41, 5.74) is 33.9. The average Bonchev–Trinajstić information content (AvgIpc) is 1.58. The molecule has 0 radical (unpaired) electrons. The Morgan fingerprint density at radius 3 is 0.701 bits per heavy atom. The fourth-order valence-electron chi connectivity index (χ4n) is 21.5. The molecule has 0 N–H and O–H groups in total. The van der Waals surface area contributed by atoms with E-state index in [0.29, 0.717) is 0 Å². The van der Waals surface area contributed by atoms with Gasteiger partial charge in [-0.25, -0.2) is 0 Å². The molecule has 134 heavy (non-hydrogen) atoms. The molecule has 0 spiro atoms. The van der Waals surface area contributed by atoms with Crippen LogP contribution in [0.5, 0.6) is 0 Å². The highest BCUT2D eigenvalue weighted by molar-refractivity contribution is 6.18. The third-order valence-electron chi connectivity index (χ3n) is 27.5. The van der Waals surface area contributed by atoms with Gasteiger partial charge in [0.15, 0.2) is 0 Å². The van der Waals surface area contributed by atoms with Crippen molar-refractivity contribution in [2.24, 2.45) is 0 Å². The molecule has 0 aliphatic heterocycles. The quantitative estimate of drug-likeness (QED) is 0.124. The van der Waals surface area contributed by atoms with Gasteiger partial charge in [0.25, 0.3) is 0 Å². The largest absolute Gasteiger partial charge is 0.309 e. The highest BCUT2D eigenvalue weighted by Crippen LogP contribution is 2.46. The molecule has 6 aromatic heterocycles. The molecule has 0 aliphatic rings. The third-order valence-corrected chi connectivity index (χ3v) is 27.5. The van der Waals surface area contributed by atoms with Crippen molar-refractivity contribution in [2.75, 3.05) is 0 Å². The van der Waals surface area contributed by atoms with E-state index < -0.39 is 0 Å². The summed E-state index contributed by atoms with van der Waals surface area (Å²) in [5.74, 6) is 0. The maximum Gasteiger partial charge on any atom is 0.0541 e. The van der Waals surface area contributed by atoms with Crippen LogP contribution in [0, 0.1) is 0 Å². The second-order valence-corrected chi connectivity index (χ2v) is 35.0. The molecule has 0 amide bonds. The summed E-state index contributed by atoms with van der Waals surface area (Å²) in [6, 6.07) is 185. The first-order valence-corrected chi connectivity index (χ1v) is 46.1. The Bertz CT molecular complexity index is 9300. The van der Waals surface area contributed by atoms with Crippen LogP contribution < -0.4 is 0 Å². The van der Waals surface area contributed by atoms with Gasteiger partial charge in [-0.3, -0.25) is 0 Å². The second kappa shape index (κ2) is 32.1. The second-order valence-electron chi connectivity index (χ2n) is 35.0. The molecule has 6 nitrogen and oxygen atoms in total. The lowest BCUT2D eigenvalue weighted by molar-refractivity contribution is 1.18. The van der Waals surface area contributed by atoms with E-state index in [1.165, 1.54) is 242 Å². The highest BCUT2D eigenvalue weighted by atomic mass is 15.0. The predicted molar refractivity (Wildman–Crippen MR) is 568 cm³/mol. The van der Waals surface area contributed by atoms with Crippen LogP contribution in [-0.2, 0) is 0 Å². The Balaban J connectivity index is 0.000000105. The lowest BCUT2D eigenvalue weighted by atomic mass is 10.0. The number of nitrogens with zero attached hydrogens (tertiary/aromatic N) is 6. The van der Waals surface area contributed by atoms with Crippen molar-refractivity contribution in [3.8, 4) is 89.8 Å². The van der Waals surface area contributed by atoms with E-state index >= 15 is 0 Å². The minimum Gasteiger partial charge on any atom is -0.309 e. The SMILES string of the molecule is c1ccc(-c2ccccc2-n2c3ccccc3c3cc(-c4ccc5c(c4)c4ccccc4n5-c4ccccc4-c4ccccc4)ccc32)cc1.c1ccc(-n2c3ccccc3c3cc(-c4ccc5c(c4)c4ccccc4n5-c4ccc5ccccc5c4)ccc32)cc1.c1ccc(-n2c3ccccc3c3cc(-c4ccc5c(c4)c4ccccc4n5-c4cccc5ccccc45)ccc32)cc1. The van der Waals surface area contributed by atoms with Gasteiger partial charge in [-0.1, -0.05) is 346 Å². The molecular formula is C128H84N6. The van der Waals surface area contributed by atoms with Crippen LogP contribution in [-0.4, -0.2) is 27.4 Å². The van der Waals surface area contributed by atoms with Crippen LogP contribution in [0.15, 0.2) is 510 Å². The maximum absolute atomic E-state index is 2.43. The Morgan fingerprint density at radius 2 is 0.343 bits per heavy atom. The summed E-state index contributed by atoms with van der Waals surface area (Å²) >= 11 is 0. The first-order valence-electron chi connectivity index (χ1n) is 46.1. The first kappa shape index (κ1) is 77.3. The normalized spacial score (nSPS) is 11.7. The molecule has 22 aromatic carbocycles. The molecule has 28 aromatic rings. The Labute approximate surface area is 773 Å². The molecule has 6 heteroatoms.